The molecule has 0 radical (unpaired) electrons. The molecule has 6 nitrogen and oxygen atoms in total. The molecule has 2 heterocycles. The standard InChI is InChI=1S/C8H15N5O/c1-12-8(9-10-11-12)13-5-2-3-7(13)4-6-14/h7,14H,2-6H2,1H3. The highest BCUT2D eigenvalue weighted by atomic mass is 16.3. The molecule has 0 aliphatic carbocycles. The van der Waals surface area contributed by atoms with Gasteiger partial charge in [0.25, 0.3) is 0 Å². The lowest BCUT2D eigenvalue weighted by atomic mass is 10.1. The fraction of sp³-hybridized carbons (Fsp3) is 0.875. The summed E-state index contributed by atoms with van der Waals surface area (Å²) >= 11 is 0. The zero-order valence-corrected chi connectivity index (χ0v) is 8.30. The van der Waals surface area contributed by atoms with Gasteiger partial charge in [0.15, 0.2) is 0 Å². The van der Waals surface area contributed by atoms with Gasteiger partial charge in [-0.3, -0.25) is 0 Å². The van der Waals surface area contributed by atoms with E-state index in [-0.39, 0.29) is 6.61 Å². The number of aromatic nitrogens is 4. The molecule has 1 aliphatic heterocycles. The summed E-state index contributed by atoms with van der Waals surface area (Å²) in [6, 6.07) is 0.393. The van der Waals surface area contributed by atoms with Crippen LogP contribution in [0.3, 0.4) is 0 Å². The summed E-state index contributed by atoms with van der Waals surface area (Å²) < 4.78 is 1.68. The minimum atomic E-state index is 0.229. The highest BCUT2D eigenvalue weighted by molar-refractivity contribution is 5.31. The number of aliphatic hydroxyl groups excluding tert-OH is 1. The summed E-state index contributed by atoms with van der Waals surface area (Å²) in [6.45, 7) is 1.21. The second-order valence-electron chi connectivity index (χ2n) is 3.60. The molecule has 1 saturated heterocycles. The summed E-state index contributed by atoms with van der Waals surface area (Å²) in [5.41, 5.74) is 0. The number of aliphatic hydroxyl groups is 1. The molecule has 1 fully saturated rings. The molecule has 1 N–H and O–H groups in total. The SMILES string of the molecule is Cn1nnnc1N1CCCC1CCO. The van der Waals surface area contributed by atoms with Crippen LogP contribution in [-0.4, -0.2) is 44.5 Å². The number of rotatable bonds is 3. The lowest BCUT2D eigenvalue weighted by Gasteiger charge is -2.23. The van der Waals surface area contributed by atoms with Crippen LogP contribution in [0.4, 0.5) is 5.95 Å². The van der Waals surface area contributed by atoms with E-state index in [2.05, 4.69) is 20.4 Å². The Hall–Kier alpha value is -1.17. The summed E-state index contributed by atoms with van der Waals surface area (Å²) in [5.74, 6) is 0.806. The molecular formula is C8H15N5O. The third kappa shape index (κ3) is 1.57. The number of tetrazole rings is 1. The third-order valence-corrected chi connectivity index (χ3v) is 2.69. The second kappa shape index (κ2) is 3.91. The molecule has 1 aliphatic rings. The van der Waals surface area contributed by atoms with Crippen molar-refractivity contribution in [2.24, 2.45) is 7.05 Å². The molecule has 0 amide bonds. The van der Waals surface area contributed by atoms with E-state index in [1.165, 1.54) is 0 Å². The van der Waals surface area contributed by atoms with Crippen molar-refractivity contribution in [2.45, 2.75) is 25.3 Å². The van der Waals surface area contributed by atoms with Crippen molar-refractivity contribution < 1.29 is 5.11 Å². The molecule has 0 bridgehead atoms. The van der Waals surface area contributed by atoms with Crippen molar-refractivity contribution in [3.63, 3.8) is 0 Å². The third-order valence-electron chi connectivity index (χ3n) is 2.69. The molecule has 1 unspecified atom stereocenters. The van der Waals surface area contributed by atoms with Crippen LogP contribution in [0.5, 0.6) is 0 Å². The molecule has 14 heavy (non-hydrogen) atoms. The van der Waals surface area contributed by atoms with Gasteiger partial charge in [-0.15, -0.1) is 0 Å². The van der Waals surface area contributed by atoms with Crippen LogP contribution in [0.15, 0.2) is 0 Å². The van der Waals surface area contributed by atoms with E-state index in [1.807, 2.05) is 7.05 Å². The van der Waals surface area contributed by atoms with Gasteiger partial charge in [0.05, 0.1) is 0 Å². The quantitative estimate of drug-likeness (QED) is 0.711. The van der Waals surface area contributed by atoms with Crippen molar-refractivity contribution in [1.82, 2.24) is 20.2 Å². The minimum Gasteiger partial charge on any atom is -0.396 e. The Kier molecular flexibility index (Phi) is 2.62. The number of nitrogens with zero attached hydrogens (tertiary/aromatic N) is 5. The lowest BCUT2D eigenvalue weighted by molar-refractivity contribution is 0.275. The van der Waals surface area contributed by atoms with Gasteiger partial charge in [-0.25, -0.2) is 4.68 Å². The number of anilines is 1. The predicted molar refractivity (Wildman–Crippen MR) is 50.9 cm³/mol. The van der Waals surface area contributed by atoms with Gasteiger partial charge >= 0.3 is 0 Å². The van der Waals surface area contributed by atoms with Crippen LogP contribution >= 0.6 is 0 Å². The molecular weight excluding hydrogens is 182 g/mol. The van der Waals surface area contributed by atoms with Crippen molar-refractivity contribution in [3.05, 3.63) is 0 Å². The molecule has 78 valence electrons. The topological polar surface area (TPSA) is 67.1 Å². The first-order chi connectivity index (χ1) is 6.83. The Morgan fingerprint density at radius 3 is 3.07 bits per heavy atom. The number of hydrogen-bond acceptors (Lipinski definition) is 5. The Morgan fingerprint density at radius 2 is 2.43 bits per heavy atom. The van der Waals surface area contributed by atoms with E-state index in [0.29, 0.717) is 6.04 Å². The van der Waals surface area contributed by atoms with Gasteiger partial charge in [-0.2, -0.15) is 0 Å². The van der Waals surface area contributed by atoms with E-state index in [0.717, 1.165) is 31.8 Å². The molecule has 0 spiro atoms. The average Bonchev–Trinajstić information content (AvgIpc) is 2.74. The van der Waals surface area contributed by atoms with Gasteiger partial charge < -0.3 is 10.0 Å². The predicted octanol–water partition coefficient (Wildman–Crippen LogP) is -0.439. The van der Waals surface area contributed by atoms with Crippen molar-refractivity contribution in [1.29, 1.82) is 0 Å². The Balaban J connectivity index is 2.13. The molecule has 1 atom stereocenters. The van der Waals surface area contributed by atoms with Gasteiger partial charge in [-0.05, 0) is 29.7 Å². The summed E-state index contributed by atoms with van der Waals surface area (Å²) in [7, 11) is 1.84. The van der Waals surface area contributed by atoms with Gasteiger partial charge in [-0.1, -0.05) is 5.10 Å². The second-order valence-corrected chi connectivity index (χ2v) is 3.60. The maximum Gasteiger partial charge on any atom is 0.245 e. The zero-order chi connectivity index (χ0) is 9.97. The first kappa shape index (κ1) is 9.39. The van der Waals surface area contributed by atoms with Gasteiger partial charge in [0.2, 0.25) is 5.95 Å². The van der Waals surface area contributed by atoms with Crippen molar-refractivity contribution >= 4 is 5.95 Å². The monoisotopic (exact) mass is 197 g/mol. The number of hydrogen-bond donors (Lipinski definition) is 1. The summed E-state index contributed by atoms with van der Waals surface area (Å²) in [6.07, 6.45) is 3.07. The molecule has 0 aromatic carbocycles. The van der Waals surface area contributed by atoms with Gasteiger partial charge in [0.1, 0.15) is 0 Å². The average molecular weight is 197 g/mol. The zero-order valence-electron chi connectivity index (χ0n) is 8.30. The highest BCUT2D eigenvalue weighted by Gasteiger charge is 2.27. The van der Waals surface area contributed by atoms with Crippen LogP contribution in [0.1, 0.15) is 19.3 Å². The van der Waals surface area contributed by atoms with E-state index >= 15 is 0 Å². The van der Waals surface area contributed by atoms with Crippen molar-refractivity contribution in [2.75, 3.05) is 18.1 Å². The maximum atomic E-state index is 8.93. The fourth-order valence-corrected chi connectivity index (χ4v) is 2.02. The van der Waals surface area contributed by atoms with Gasteiger partial charge in [0, 0.05) is 26.2 Å². The molecule has 2 rings (SSSR count). The Morgan fingerprint density at radius 1 is 1.57 bits per heavy atom. The Bertz CT molecular complexity index is 300. The smallest absolute Gasteiger partial charge is 0.245 e. The normalized spacial score (nSPS) is 21.9. The van der Waals surface area contributed by atoms with E-state index in [9.17, 15) is 0 Å². The van der Waals surface area contributed by atoms with Crippen LogP contribution < -0.4 is 4.90 Å². The largest absolute Gasteiger partial charge is 0.396 e. The molecule has 1 aromatic rings. The minimum absolute atomic E-state index is 0.229. The Labute approximate surface area is 82.5 Å². The first-order valence-corrected chi connectivity index (χ1v) is 4.93. The van der Waals surface area contributed by atoms with Crippen molar-refractivity contribution in [3.8, 4) is 0 Å². The fourth-order valence-electron chi connectivity index (χ4n) is 2.02. The van der Waals surface area contributed by atoms with Crippen LogP contribution in [0.25, 0.3) is 0 Å². The lowest BCUT2D eigenvalue weighted by Crippen LogP contribution is -2.32. The molecule has 1 aromatic heterocycles. The highest BCUT2D eigenvalue weighted by Crippen LogP contribution is 2.24. The maximum absolute atomic E-state index is 8.93. The van der Waals surface area contributed by atoms with E-state index < -0.39 is 0 Å². The first-order valence-electron chi connectivity index (χ1n) is 4.93. The van der Waals surface area contributed by atoms with E-state index in [1.54, 1.807) is 4.68 Å². The van der Waals surface area contributed by atoms with E-state index in [4.69, 9.17) is 5.11 Å². The summed E-state index contributed by atoms with van der Waals surface area (Å²) in [5, 5.41) is 20.3. The molecule has 6 heteroatoms. The molecule has 0 saturated carbocycles. The van der Waals surface area contributed by atoms with Crippen LogP contribution in [0.2, 0.25) is 0 Å². The number of aryl methyl sites for hydroxylation is 1. The van der Waals surface area contributed by atoms with Crippen LogP contribution in [0, 0.1) is 0 Å². The summed E-state index contributed by atoms with van der Waals surface area (Å²) in [4.78, 5) is 2.18. The van der Waals surface area contributed by atoms with Crippen LogP contribution in [-0.2, 0) is 7.05 Å².